The maximum atomic E-state index is 13.3. The molecule has 33 heavy (non-hydrogen) atoms. The van der Waals surface area contributed by atoms with Crippen LogP contribution >= 0.6 is 0 Å². The van der Waals surface area contributed by atoms with Gasteiger partial charge in [0.15, 0.2) is 11.5 Å². The quantitative estimate of drug-likeness (QED) is 0.409. The lowest BCUT2D eigenvalue weighted by Gasteiger charge is -2.17. The Morgan fingerprint density at radius 2 is 1.55 bits per heavy atom. The zero-order chi connectivity index (χ0) is 24.0. The topological polar surface area (TPSA) is 86.3 Å². The molecule has 176 valence electrons. The first-order valence-corrected chi connectivity index (χ1v) is 10.8. The first-order valence-electron chi connectivity index (χ1n) is 10.8. The lowest BCUT2D eigenvalue weighted by molar-refractivity contribution is -0.137. The van der Waals surface area contributed by atoms with E-state index in [0.29, 0.717) is 47.1 Å². The van der Waals surface area contributed by atoms with Gasteiger partial charge in [0.2, 0.25) is 5.75 Å². The number of methoxy groups -OCH3 is 3. The minimum Gasteiger partial charge on any atom is -0.493 e. The molecule has 0 aromatic heterocycles. The van der Waals surface area contributed by atoms with Crippen LogP contribution in [0.1, 0.15) is 25.8 Å². The van der Waals surface area contributed by atoms with Gasteiger partial charge in [-0.25, -0.2) is 0 Å². The highest BCUT2D eigenvalue weighted by atomic mass is 16.5. The van der Waals surface area contributed by atoms with E-state index in [4.69, 9.17) is 18.9 Å². The van der Waals surface area contributed by atoms with Crippen molar-refractivity contribution < 1.29 is 28.5 Å². The summed E-state index contributed by atoms with van der Waals surface area (Å²) in [4.78, 5) is 27.9. The van der Waals surface area contributed by atoms with Crippen molar-refractivity contribution >= 4 is 23.1 Å². The van der Waals surface area contributed by atoms with E-state index >= 15 is 0 Å². The highest BCUT2D eigenvalue weighted by Crippen LogP contribution is 2.41. The molecule has 1 heterocycles. The minimum absolute atomic E-state index is 0.0882. The standard InChI is InChI=1S/C25H30N2O6/c1-16(2)33-13-9-12-27-24(28)21(17-10-7-6-8-11-17)22(25(27)29)26-18-14-19(30-3)23(32-5)20(15-18)31-4/h6-8,10-11,14-16,26H,9,12-13H2,1-5H3. The summed E-state index contributed by atoms with van der Waals surface area (Å²) in [6, 6.07) is 12.5. The van der Waals surface area contributed by atoms with Crippen molar-refractivity contribution in [1.82, 2.24) is 4.90 Å². The van der Waals surface area contributed by atoms with Crippen LogP contribution in [0.2, 0.25) is 0 Å². The monoisotopic (exact) mass is 454 g/mol. The normalized spacial score (nSPS) is 13.7. The molecular formula is C25H30N2O6. The molecule has 0 unspecified atom stereocenters. The molecule has 3 rings (SSSR count). The number of carbonyl (C=O) groups excluding carboxylic acids is 2. The Labute approximate surface area is 194 Å². The van der Waals surface area contributed by atoms with E-state index in [1.807, 2.05) is 44.2 Å². The first kappa shape index (κ1) is 24.1. The molecule has 1 aliphatic rings. The molecule has 2 aromatic rings. The van der Waals surface area contributed by atoms with Crippen LogP contribution < -0.4 is 19.5 Å². The van der Waals surface area contributed by atoms with Crippen molar-refractivity contribution in [2.45, 2.75) is 26.4 Å². The largest absolute Gasteiger partial charge is 0.493 e. The summed E-state index contributed by atoms with van der Waals surface area (Å²) in [7, 11) is 4.55. The Morgan fingerprint density at radius 1 is 0.909 bits per heavy atom. The Balaban J connectivity index is 1.96. The van der Waals surface area contributed by atoms with Gasteiger partial charge in [-0.2, -0.15) is 0 Å². The molecule has 0 saturated heterocycles. The predicted octanol–water partition coefficient (Wildman–Crippen LogP) is 3.72. The fourth-order valence-corrected chi connectivity index (χ4v) is 3.61. The lowest BCUT2D eigenvalue weighted by Crippen LogP contribution is -2.34. The van der Waals surface area contributed by atoms with E-state index in [0.717, 1.165) is 0 Å². The molecule has 1 N–H and O–H groups in total. The molecule has 2 aromatic carbocycles. The van der Waals surface area contributed by atoms with Crippen LogP contribution in [0.3, 0.4) is 0 Å². The number of imide groups is 1. The van der Waals surface area contributed by atoms with Gasteiger partial charge in [-0.15, -0.1) is 0 Å². The van der Waals surface area contributed by atoms with Crippen LogP contribution in [0.5, 0.6) is 17.2 Å². The van der Waals surface area contributed by atoms with Crippen LogP contribution in [-0.2, 0) is 14.3 Å². The Bertz CT molecular complexity index is 1010. The number of rotatable bonds is 11. The second kappa shape index (κ2) is 10.9. The highest BCUT2D eigenvalue weighted by Gasteiger charge is 2.39. The van der Waals surface area contributed by atoms with Crippen molar-refractivity contribution in [3.05, 3.63) is 53.7 Å². The summed E-state index contributed by atoms with van der Waals surface area (Å²) >= 11 is 0. The highest BCUT2D eigenvalue weighted by molar-refractivity contribution is 6.36. The maximum Gasteiger partial charge on any atom is 0.278 e. The van der Waals surface area contributed by atoms with Gasteiger partial charge >= 0.3 is 0 Å². The van der Waals surface area contributed by atoms with Gasteiger partial charge in [-0.3, -0.25) is 14.5 Å². The summed E-state index contributed by atoms with van der Waals surface area (Å²) < 4.78 is 21.8. The fraction of sp³-hybridized carbons (Fsp3) is 0.360. The Morgan fingerprint density at radius 3 is 2.09 bits per heavy atom. The van der Waals surface area contributed by atoms with Crippen molar-refractivity contribution in [3.8, 4) is 17.2 Å². The second-order valence-corrected chi connectivity index (χ2v) is 7.69. The zero-order valence-corrected chi connectivity index (χ0v) is 19.6. The lowest BCUT2D eigenvalue weighted by atomic mass is 10.0. The smallest absolute Gasteiger partial charge is 0.278 e. The van der Waals surface area contributed by atoms with Crippen molar-refractivity contribution in [2.75, 3.05) is 39.8 Å². The number of ether oxygens (including phenoxy) is 4. The van der Waals surface area contributed by atoms with Crippen LogP contribution in [0, 0.1) is 0 Å². The third-order valence-corrected chi connectivity index (χ3v) is 5.14. The summed E-state index contributed by atoms with van der Waals surface area (Å²) in [5, 5.41) is 3.13. The molecule has 0 saturated carbocycles. The zero-order valence-electron chi connectivity index (χ0n) is 19.6. The molecule has 0 spiro atoms. The van der Waals surface area contributed by atoms with Gasteiger partial charge in [0.1, 0.15) is 5.70 Å². The Kier molecular flexibility index (Phi) is 7.95. The number of carbonyl (C=O) groups is 2. The van der Waals surface area contributed by atoms with Crippen molar-refractivity contribution in [1.29, 1.82) is 0 Å². The second-order valence-electron chi connectivity index (χ2n) is 7.69. The molecule has 8 nitrogen and oxygen atoms in total. The van der Waals surface area contributed by atoms with E-state index < -0.39 is 5.91 Å². The molecule has 0 bridgehead atoms. The molecule has 1 aliphatic heterocycles. The Hall–Kier alpha value is -3.52. The van der Waals surface area contributed by atoms with E-state index in [-0.39, 0.29) is 24.3 Å². The molecule has 0 fully saturated rings. The summed E-state index contributed by atoms with van der Waals surface area (Å²) in [5.41, 5.74) is 1.70. The summed E-state index contributed by atoms with van der Waals surface area (Å²) in [5.74, 6) is 0.563. The van der Waals surface area contributed by atoms with E-state index in [1.165, 1.54) is 26.2 Å². The molecular weight excluding hydrogens is 424 g/mol. The number of nitrogens with zero attached hydrogens (tertiary/aromatic N) is 1. The number of hydrogen-bond acceptors (Lipinski definition) is 7. The van der Waals surface area contributed by atoms with Gasteiger partial charge < -0.3 is 24.3 Å². The van der Waals surface area contributed by atoms with E-state index in [1.54, 1.807) is 12.1 Å². The van der Waals surface area contributed by atoms with Gasteiger partial charge in [0.25, 0.3) is 11.8 Å². The van der Waals surface area contributed by atoms with Crippen LogP contribution in [-0.4, -0.2) is 57.3 Å². The fourth-order valence-electron chi connectivity index (χ4n) is 3.61. The first-order chi connectivity index (χ1) is 15.9. The van der Waals surface area contributed by atoms with Gasteiger partial charge in [-0.05, 0) is 25.8 Å². The predicted molar refractivity (Wildman–Crippen MR) is 126 cm³/mol. The average Bonchev–Trinajstić information content (AvgIpc) is 3.05. The number of nitrogens with one attached hydrogen (secondary N) is 1. The third-order valence-electron chi connectivity index (χ3n) is 5.14. The SMILES string of the molecule is COc1cc(NC2=C(c3ccccc3)C(=O)N(CCCOC(C)C)C2=O)cc(OC)c1OC. The van der Waals surface area contributed by atoms with E-state index in [2.05, 4.69) is 5.32 Å². The number of anilines is 1. The third kappa shape index (κ3) is 5.28. The number of amides is 2. The van der Waals surface area contributed by atoms with Crippen LogP contribution in [0.4, 0.5) is 5.69 Å². The van der Waals surface area contributed by atoms with Crippen molar-refractivity contribution in [2.24, 2.45) is 0 Å². The van der Waals surface area contributed by atoms with Crippen molar-refractivity contribution in [3.63, 3.8) is 0 Å². The molecule has 8 heteroatoms. The number of benzene rings is 2. The van der Waals surface area contributed by atoms with Crippen LogP contribution in [0.25, 0.3) is 5.57 Å². The number of hydrogen-bond donors (Lipinski definition) is 1. The molecule has 0 radical (unpaired) electrons. The van der Waals surface area contributed by atoms with E-state index in [9.17, 15) is 9.59 Å². The summed E-state index contributed by atoms with van der Waals surface area (Å²) in [6.45, 7) is 4.62. The molecule has 0 aliphatic carbocycles. The van der Waals surface area contributed by atoms with Gasteiger partial charge in [-0.1, -0.05) is 30.3 Å². The molecule has 0 atom stereocenters. The molecule has 2 amide bonds. The summed E-state index contributed by atoms with van der Waals surface area (Å²) in [6.07, 6.45) is 0.639. The van der Waals surface area contributed by atoms with Gasteiger partial charge in [0.05, 0.1) is 33.0 Å². The minimum atomic E-state index is -0.392. The van der Waals surface area contributed by atoms with Crippen LogP contribution in [0.15, 0.2) is 48.2 Å². The maximum absolute atomic E-state index is 13.3. The van der Waals surface area contributed by atoms with Gasteiger partial charge in [0, 0.05) is 31.0 Å². The average molecular weight is 455 g/mol.